The third-order valence-corrected chi connectivity index (χ3v) is 8.94. The molecular weight excluding hydrogens is 651 g/mol. The Morgan fingerprint density at radius 1 is 0.918 bits per heavy atom. The van der Waals surface area contributed by atoms with Crippen molar-refractivity contribution in [3.63, 3.8) is 0 Å². The van der Waals surface area contributed by atoms with Crippen molar-refractivity contribution in [1.29, 1.82) is 0 Å². The van der Waals surface area contributed by atoms with Gasteiger partial charge in [0.1, 0.15) is 17.0 Å². The van der Waals surface area contributed by atoms with E-state index in [4.69, 9.17) is 18.7 Å². The Morgan fingerprint density at radius 2 is 1.59 bits per heavy atom. The summed E-state index contributed by atoms with van der Waals surface area (Å²) in [6.07, 6.45) is -3.02. The minimum atomic E-state index is -4.51. The average molecular weight is 683 g/mol. The number of rotatable bonds is 6. The van der Waals surface area contributed by atoms with Crippen molar-refractivity contribution < 1.29 is 40.7 Å². The molecule has 7 rings (SSSR count). The number of aromatic nitrogens is 3. The van der Waals surface area contributed by atoms with Crippen LogP contribution in [0.15, 0.2) is 76.2 Å². The Labute approximate surface area is 276 Å². The Hall–Kier alpha value is -4.66. The van der Waals surface area contributed by atoms with Crippen molar-refractivity contribution in [2.75, 3.05) is 44.4 Å². The second kappa shape index (κ2) is 12.3. The fourth-order valence-corrected chi connectivity index (χ4v) is 6.12. The zero-order chi connectivity index (χ0) is 34.6. The van der Waals surface area contributed by atoms with Gasteiger partial charge in [0.25, 0.3) is 0 Å². The number of hydrogen-bond acceptors (Lipinski definition) is 8. The van der Waals surface area contributed by atoms with Crippen LogP contribution in [0.2, 0.25) is 0 Å². The van der Waals surface area contributed by atoms with Gasteiger partial charge in [-0.25, -0.2) is 8.78 Å². The highest BCUT2D eigenvalue weighted by atomic mass is 19.4. The number of ether oxygens (including phenoxy) is 3. The van der Waals surface area contributed by atoms with Crippen molar-refractivity contribution in [1.82, 2.24) is 14.7 Å². The number of hydrogen-bond donors (Lipinski definition) is 0. The Morgan fingerprint density at radius 3 is 2.24 bits per heavy atom. The molecule has 0 N–H and O–H groups in total. The first-order chi connectivity index (χ1) is 23.3. The SMILES string of the molecule is CC1(C)OCC(c2ccc(F)cc2)(c2nc(-c3cn(Cc4ccc(C(F)(F)F)cc4)c4cc(N5CCOCC5)c(F)cc4c3=O)no2)CO1. The molecule has 0 atom stereocenters. The average Bonchev–Trinajstić information content (AvgIpc) is 3.57. The smallest absolute Gasteiger partial charge is 0.378 e. The molecule has 9 nitrogen and oxygen atoms in total. The number of benzene rings is 3. The summed E-state index contributed by atoms with van der Waals surface area (Å²) in [5.41, 5.74) is -0.839. The molecule has 4 heterocycles. The largest absolute Gasteiger partial charge is 0.416 e. The first-order valence-corrected chi connectivity index (χ1v) is 15.6. The molecule has 2 aliphatic rings. The van der Waals surface area contributed by atoms with Gasteiger partial charge in [0, 0.05) is 31.2 Å². The van der Waals surface area contributed by atoms with Crippen molar-refractivity contribution in [3.05, 3.63) is 111 Å². The van der Waals surface area contributed by atoms with E-state index < -0.39 is 40.0 Å². The molecule has 0 saturated carbocycles. The van der Waals surface area contributed by atoms with E-state index in [1.807, 2.05) is 4.90 Å². The summed E-state index contributed by atoms with van der Waals surface area (Å²) in [4.78, 5) is 20.5. The predicted octanol–water partition coefficient (Wildman–Crippen LogP) is 6.30. The standard InChI is InChI=1S/C35H31F5N4O5/c1-33(2)47-19-34(20-48-33,22-7-9-24(36)10-8-22)32-41-31(42-49-32)26-18-44(17-21-3-5-23(6-4-21)35(38,39)40)28-16-29(43-11-13-46-14-12-43)27(37)15-25(28)30(26)45/h3-10,15-16,18H,11-14,17,19-20H2,1-2H3. The summed E-state index contributed by atoms with van der Waals surface area (Å²) >= 11 is 0. The van der Waals surface area contributed by atoms with Crippen LogP contribution < -0.4 is 10.3 Å². The second-order valence-electron chi connectivity index (χ2n) is 12.6. The van der Waals surface area contributed by atoms with E-state index in [9.17, 15) is 22.4 Å². The normalized spacial score (nSPS) is 17.8. The van der Waals surface area contributed by atoms with Crippen molar-refractivity contribution in [2.24, 2.45) is 0 Å². The topological polar surface area (TPSA) is 91.8 Å². The molecule has 2 aliphatic heterocycles. The van der Waals surface area contributed by atoms with Crippen LogP contribution in [0.4, 0.5) is 27.6 Å². The summed E-state index contributed by atoms with van der Waals surface area (Å²) in [7, 11) is 0. The third kappa shape index (κ3) is 6.31. The van der Waals surface area contributed by atoms with Gasteiger partial charge in [0.2, 0.25) is 17.1 Å². The molecule has 256 valence electrons. The van der Waals surface area contributed by atoms with E-state index in [1.165, 1.54) is 30.5 Å². The van der Waals surface area contributed by atoms with Crippen LogP contribution in [0, 0.1) is 11.6 Å². The fourth-order valence-electron chi connectivity index (χ4n) is 6.12. The number of pyridine rings is 1. The number of alkyl halides is 3. The van der Waals surface area contributed by atoms with Crippen LogP contribution >= 0.6 is 0 Å². The van der Waals surface area contributed by atoms with Gasteiger partial charge in [-0.3, -0.25) is 4.79 Å². The van der Waals surface area contributed by atoms with Crippen LogP contribution in [-0.2, 0) is 32.3 Å². The lowest BCUT2D eigenvalue weighted by molar-refractivity contribution is -0.266. The van der Waals surface area contributed by atoms with Crippen LogP contribution in [-0.4, -0.2) is 60.0 Å². The van der Waals surface area contributed by atoms with Crippen LogP contribution in [0.1, 0.15) is 36.4 Å². The number of anilines is 1. The highest BCUT2D eigenvalue weighted by molar-refractivity contribution is 5.86. The van der Waals surface area contributed by atoms with E-state index in [0.717, 1.165) is 18.2 Å². The third-order valence-electron chi connectivity index (χ3n) is 8.94. The molecule has 14 heteroatoms. The highest BCUT2D eigenvalue weighted by Gasteiger charge is 2.47. The van der Waals surface area contributed by atoms with Crippen molar-refractivity contribution in [2.45, 2.75) is 37.8 Å². The highest BCUT2D eigenvalue weighted by Crippen LogP contribution is 2.39. The van der Waals surface area contributed by atoms with Crippen LogP contribution in [0.5, 0.6) is 0 Å². The molecule has 0 amide bonds. The van der Waals surface area contributed by atoms with Gasteiger partial charge in [0.05, 0.1) is 48.8 Å². The minimum absolute atomic E-state index is 0.0181. The van der Waals surface area contributed by atoms with Gasteiger partial charge in [-0.15, -0.1) is 0 Å². The lowest BCUT2D eigenvalue weighted by Gasteiger charge is -2.41. The van der Waals surface area contributed by atoms with Crippen LogP contribution in [0.3, 0.4) is 0 Å². The maximum absolute atomic E-state index is 15.7. The molecule has 0 radical (unpaired) electrons. The van der Waals surface area contributed by atoms with Gasteiger partial charge >= 0.3 is 6.18 Å². The lowest BCUT2D eigenvalue weighted by Crippen LogP contribution is -2.50. The summed E-state index contributed by atoms with van der Waals surface area (Å²) < 4.78 is 94.2. The van der Waals surface area contributed by atoms with Gasteiger partial charge < -0.3 is 28.2 Å². The zero-order valence-corrected chi connectivity index (χ0v) is 26.5. The molecule has 0 bridgehead atoms. The number of fused-ring (bicyclic) bond motifs is 1. The quantitative estimate of drug-likeness (QED) is 0.193. The van der Waals surface area contributed by atoms with Crippen molar-refractivity contribution in [3.8, 4) is 11.4 Å². The first-order valence-electron chi connectivity index (χ1n) is 15.6. The second-order valence-corrected chi connectivity index (χ2v) is 12.6. The molecule has 2 fully saturated rings. The molecule has 5 aromatic rings. The number of halogens is 5. The fraction of sp³-hybridized carbons (Fsp3) is 0.343. The summed E-state index contributed by atoms with van der Waals surface area (Å²) in [6, 6.07) is 13.1. The van der Waals surface area contributed by atoms with Crippen molar-refractivity contribution >= 4 is 16.6 Å². The maximum Gasteiger partial charge on any atom is 0.416 e. The minimum Gasteiger partial charge on any atom is -0.378 e. The number of nitrogens with zero attached hydrogens (tertiary/aromatic N) is 4. The molecule has 2 saturated heterocycles. The van der Waals surface area contributed by atoms with E-state index in [1.54, 1.807) is 36.6 Å². The Balaban J connectivity index is 1.35. The molecule has 3 aromatic carbocycles. The zero-order valence-electron chi connectivity index (χ0n) is 26.5. The molecular formula is C35H31F5N4O5. The summed E-state index contributed by atoms with van der Waals surface area (Å²) in [5.74, 6) is -2.04. The monoisotopic (exact) mass is 682 g/mol. The van der Waals surface area contributed by atoms with E-state index in [0.29, 0.717) is 42.9 Å². The Kier molecular flexibility index (Phi) is 8.28. The number of morpholine rings is 1. The molecule has 0 spiro atoms. The first kappa shape index (κ1) is 32.9. The lowest BCUT2D eigenvalue weighted by atomic mass is 9.80. The Bertz CT molecular complexity index is 2040. The van der Waals surface area contributed by atoms with Gasteiger partial charge in [-0.05, 0) is 61.4 Å². The molecule has 2 aromatic heterocycles. The van der Waals surface area contributed by atoms with Crippen LogP contribution in [0.25, 0.3) is 22.3 Å². The van der Waals surface area contributed by atoms with E-state index in [2.05, 4.69) is 10.1 Å². The molecule has 49 heavy (non-hydrogen) atoms. The molecule has 0 unspecified atom stereocenters. The summed E-state index contributed by atoms with van der Waals surface area (Å²) in [6.45, 7) is 5.31. The van der Waals surface area contributed by atoms with E-state index in [-0.39, 0.29) is 48.1 Å². The van der Waals surface area contributed by atoms with Gasteiger partial charge in [-0.1, -0.05) is 29.4 Å². The van der Waals surface area contributed by atoms with Gasteiger partial charge in [-0.2, -0.15) is 18.2 Å². The molecule has 0 aliphatic carbocycles. The summed E-state index contributed by atoms with van der Waals surface area (Å²) in [5, 5.41) is 4.15. The van der Waals surface area contributed by atoms with Gasteiger partial charge in [0.15, 0.2) is 5.79 Å². The van der Waals surface area contributed by atoms with E-state index >= 15 is 4.39 Å². The maximum atomic E-state index is 15.7. The predicted molar refractivity (Wildman–Crippen MR) is 168 cm³/mol.